The van der Waals surface area contributed by atoms with Crippen LogP contribution in [0.4, 0.5) is 37.1 Å². The molecule has 3 aromatic heterocycles. The number of aliphatic hydroxyl groups excluding tert-OH is 1. The molecule has 432 valence electrons. The van der Waals surface area contributed by atoms with E-state index in [-0.39, 0.29) is 85.7 Å². The molecular formula is C52H75B2BrF6N8O9. The zero-order chi connectivity index (χ0) is 57.9. The molecule has 0 saturated carbocycles. The van der Waals surface area contributed by atoms with Gasteiger partial charge in [0.05, 0.1) is 63.0 Å². The highest BCUT2D eigenvalue weighted by atomic mass is 79.9. The van der Waals surface area contributed by atoms with E-state index in [0.29, 0.717) is 29.4 Å². The van der Waals surface area contributed by atoms with E-state index in [4.69, 9.17) is 37.9 Å². The number of nitrogens with one attached hydrogen (secondary N) is 1. The van der Waals surface area contributed by atoms with Gasteiger partial charge in [0.2, 0.25) is 5.95 Å². The number of ether oxygens (including phenoxy) is 3. The molecule has 3 atom stereocenters. The van der Waals surface area contributed by atoms with Gasteiger partial charge in [-0.1, -0.05) is 6.92 Å². The van der Waals surface area contributed by atoms with Gasteiger partial charge in [0.25, 0.3) is 0 Å². The molecule has 4 saturated heterocycles. The Morgan fingerprint density at radius 1 is 0.846 bits per heavy atom. The number of rotatable bonds is 9. The molecule has 5 aliphatic heterocycles. The van der Waals surface area contributed by atoms with Crippen LogP contribution in [0.15, 0.2) is 72.2 Å². The molecule has 0 bridgehead atoms. The Bertz CT molecular complexity index is 2440. The molecule has 1 amide bonds. The number of halogens is 7. The highest BCUT2D eigenvalue weighted by Gasteiger charge is 2.53. The number of amides is 1. The van der Waals surface area contributed by atoms with E-state index in [2.05, 4.69) is 68.9 Å². The topological polar surface area (TPSA) is 181 Å². The number of aromatic amines is 1. The molecule has 1 unspecified atom stereocenters. The average Bonchev–Trinajstić information content (AvgIpc) is 4.28. The van der Waals surface area contributed by atoms with Gasteiger partial charge in [0.15, 0.2) is 0 Å². The molecule has 9 rings (SSSR count). The van der Waals surface area contributed by atoms with Crippen molar-refractivity contribution in [1.29, 1.82) is 0 Å². The standard InChI is InChI=1S/C23H25BrF6N4O2.C14H23BN2O3.C9H15BN2O2.C5H8O.CH4O/c1-4-18-8-19(12-34(18)21(35)36-13(2)3)33(20-31-9-17(24)10-32-20)11-14-5-15(22(25,26)27)7-16(6-14)23(28,29)30;1-13(2)14(3,4)20-15(19-13)11-9-16-17(10-11)12-7-5-6-8-18-12;1-8(2)9(3,4)14-10(13-8)7-5-11-12-6-7;1-2-4-6-5-3-1;1-2/h5-7,9-10,13,18-19H,4,8,11-12H2,1-3H3;9-10,12H,5-8H2,1-4H3;5-6H,1-4H3,(H,11,12);2,4H,1,3,5H2;2H,1H3/t18-,19+;;;;/m1..../s1. The Labute approximate surface area is 462 Å². The quantitative estimate of drug-likeness (QED) is 0.119. The van der Waals surface area contributed by atoms with Crippen LogP contribution in [0.2, 0.25) is 0 Å². The monoisotopic (exact) mass is 1170 g/mol. The summed E-state index contributed by atoms with van der Waals surface area (Å²) in [5, 5.41) is 18.0. The third-order valence-electron chi connectivity index (χ3n) is 14.2. The summed E-state index contributed by atoms with van der Waals surface area (Å²) in [6.45, 7) is 23.2. The molecule has 0 radical (unpaired) electrons. The van der Waals surface area contributed by atoms with E-state index in [9.17, 15) is 31.1 Å². The minimum atomic E-state index is -4.97. The maximum Gasteiger partial charge on any atom is 0.498 e. The van der Waals surface area contributed by atoms with E-state index in [1.165, 1.54) is 41.5 Å². The fourth-order valence-electron chi connectivity index (χ4n) is 8.52. The summed E-state index contributed by atoms with van der Waals surface area (Å²) in [7, 11) is 0.344. The van der Waals surface area contributed by atoms with Crippen LogP contribution in [0.25, 0.3) is 0 Å². The summed E-state index contributed by atoms with van der Waals surface area (Å²) in [5.74, 6) is 0.114. The Hall–Kier alpha value is -4.72. The third-order valence-corrected chi connectivity index (χ3v) is 14.6. The van der Waals surface area contributed by atoms with Gasteiger partial charge in [-0.3, -0.25) is 5.10 Å². The average molecular weight is 1170 g/mol. The number of H-pyrrole nitrogens is 1. The number of aromatic nitrogens is 6. The third kappa shape index (κ3) is 17.1. The van der Waals surface area contributed by atoms with Crippen LogP contribution in [0.1, 0.15) is 144 Å². The van der Waals surface area contributed by atoms with Crippen molar-refractivity contribution in [3.05, 3.63) is 88.9 Å². The molecule has 4 aromatic rings. The van der Waals surface area contributed by atoms with Crippen molar-refractivity contribution in [2.75, 3.05) is 31.8 Å². The number of alkyl halides is 6. The first-order valence-electron chi connectivity index (χ1n) is 26.1. The first-order valence-corrected chi connectivity index (χ1v) is 26.9. The summed E-state index contributed by atoms with van der Waals surface area (Å²) >= 11 is 3.22. The second-order valence-corrected chi connectivity index (χ2v) is 22.4. The van der Waals surface area contributed by atoms with Gasteiger partial charge in [-0.25, -0.2) is 19.4 Å². The number of likely N-dealkylation sites (tertiary alicyclic amines) is 1. The van der Waals surface area contributed by atoms with Gasteiger partial charge in [-0.2, -0.15) is 36.5 Å². The van der Waals surface area contributed by atoms with Crippen molar-refractivity contribution in [2.24, 2.45) is 0 Å². The van der Waals surface area contributed by atoms with Crippen LogP contribution in [0.5, 0.6) is 0 Å². The Balaban J connectivity index is 0.000000221. The van der Waals surface area contributed by atoms with Gasteiger partial charge >= 0.3 is 32.7 Å². The van der Waals surface area contributed by atoms with E-state index in [1.807, 2.05) is 57.8 Å². The van der Waals surface area contributed by atoms with E-state index in [0.717, 1.165) is 44.1 Å². The number of anilines is 1. The molecule has 78 heavy (non-hydrogen) atoms. The summed E-state index contributed by atoms with van der Waals surface area (Å²) in [4.78, 5) is 24.1. The van der Waals surface area contributed by atoms with E-state index >= 15 is 0 Å². The molecule has 26 heteroatoms. The number of hydrogen-bond acceptors (Lipinski definition) is 14. The number of benzene rings is 1. The van der Waals surface area contributed by atoms with Gasteiger partial charge in [-0.05, 0) is 160 Å². The van der Waals surface area contributed by atoms with Crippen molar-refractivity contribution >= 4 is 53.1 Å². The normalized spacial score (nSPS) is 21.9. The number of hydrogen-bond donors (Lipinski definition) is 2. The van der Waals surface area contributed by atoms with Crippen LogP contribution in [-0.2, 0) is 51.7 Å². The molecule has 0 spiro atoms. The summed E-state index contributed by atoms with van der Waals surface area (Å²) in [6.07, 6.45) is 9.96. The fraction of sp³-hybridized carbons (Fsp3) is 0.635. The lowest BCUT2D eigenvalue weighted by atomic mass is 9.82. The second kappa shape index (κ2) is 27.2. The molecular weight excluding hydrogens is 1100 g/mol. The highest BCUT2D eigenvalue weighted by Crippen LogP contribution is 2.40. The SMILES string of the molecule is C1=COCCC1.CC1(C)OB(c2cn[nH]c2)OC1(C)C.CC1(C)OB(c2cnn(C3CCCCO3)c2)OC1(C)C.CC[C@@H]1C[C@H](N(Cc2cc(C(F)(F)F)cc(C(F)(F)F)c2)c2ncc(Br)cn2)CN1C(=O)OC(C)C.CO. The Morgan fingerprint density at radius 3 is 1.86 bits per heavy atom. The molecule has 5 aliphatic rings. The van der Waals surface area contributed by atoms with Crippen molar-refractivity contribution < 1.29 is 69.1 Å². The minimum absolute atomic E-state index is 0.0555. The Morgan fingerprint density at radius 2 is 1.42 bits per heavy atom. The number of aliphatic hydroxyl groups is 1. The minimum Gasteiger partial charge on any atom is -0.502 e. The number of nitrogens with zero attached hydrogens (tertiary/aromatic N) is 7. The molecule has 4 fully saturated rings. The number of carbonyl (C=O) groups excluding carboxylic acids is 1. The predicted octanol–water partition coefficient (Wildman–Crippen LogP) is 10.2. The van der Waals surface area contributed by atoms with Crippen LogP contribution < -0.4 is 15.8 Å². The lowest BCUT2D eigenvalue weighted by molar-refractivity contribution is -0.143. The summed E-state index contributed by atoms with van der Waals surface area (Å²) < 4.78 is 123. The van der Waals surface area contributed by atoms with Crippen LogP contribution >= 0.6 is 15.9 Å². The zero-order valence-electron chi connectivity index (χ0n) is 46.6. The van der Waals surface area contributed by atoms with Crippen LogP contribution in [0, 0.1) is 0 Å². The molecule has 17 nitrogen and oxygen atoms in total. The van der Waals surface area contributed by atoms with Crippen molar-refractivity contribution in [1.82, 2.24) is 34.8 Å². The van der Waals surface area contributed by atoms with Crippen LogP contribution in [0.3, 0.4) is 0 Å². The largest absolute Gasteiger partial charge is 0.502 e. The van der Waals surface area contributed by atoms with Crippen molar-refractivity contribution in [2.45, 2.75) is 187 Å². The van der Waals surface area contributed by atoms with E-state index in [1.54, 1.807) is 32.5 Å². The van der Waals surface area contributed by atoms with Crippen molar-refractivity contribution in [3.63, 3.8) is 0 Å². The van der Waals surface area contributed by atoms with Gasteiger partial charge in [-0.15, -0.1) is 0 Å². The zero-order valence-corrected chi connectivity index (χ0v) is 48.2. The molecule has 1 aromatic carbocycles. The van der Waals surface area contributed by atoms with E-state index < -0.39 is 35.6 Å². The Kier molecular flexibility index (Phi) is 22.3. The van der Waals surface area contributed by atoms with Crippen molar-refractivity contribution in [3.8, 4) is 0 Å². The summed E-state index contributed by atoms with van der Waals surface area (Å²) in [6, 6.07) is 0.776. The smallest absolute Gasteiger partial charge is 0.498 e. The number of carbonyl (C=O) groups is 1. The second-order valence-electron chi connectivity index (χ2n) is 21.4. The lowest BCUT2D eigenvalue weighted by Crippen LogP contribution is -2.41. The first-order chi connectivity index (χ1) is 36.5. The molecule has 2 N–H and O–H groups in total. The number of allylic oxidation sites excluding steroid dienone is 1. The maximum atomic E-state index is 13.4. The first kappa shape index (κ1) is 64.1. The van der Waals surface area contributed by atoms with Gasteiger partial charge in [0.1, 0.15) is 6.23 Å². The fourth-order valence-corrected chi connectivity index (χ4v) is 8.73. The van der Waals surface area contributed by atoms with Gasteiger partial charge < -0.3 is 47.7 Å². The lowest BCUT2D eigenvalue weighted by Gasteiger charge is -2.32. The van der Waals surface area contributed by atoms with Crippen LogP contribution in [-0.4, -0.2) is 128 Å². The van der Waals surface area contributed by atoms with Gasteiger partial charge in [0, 0.05) is 81.0 Å². The molecule has 0 aliphatic carbocycles. The predicted molar refractivity (Wildman–Crippen MR) is 287 cm³/mol. The summed E-state index contributed by atoms with van der Waals surface area (Å²) in [5.41, 5.74) is -2.32. The highest BCUT2D eigenvalue weighted by molar-refractivity contribution is 9.10. The maximum absolute atomic E-state index is 13.4. The molecule has 8 heterocycles.